The summed E-state index contributed by atoms with van der Waals surface area (Å²) < 4.78 is 24.4. The number of pyridine rings is 1. The van der Waals surface area contributed by atoms with Gasteiger partial charge >= 0.3 is 0 Å². The van der Waals surface area contributed by atoms with E-state index in [1.807, 2.05) is 24.3 Å². The largest absolute Gasteiger partial charge is 0.497 e. The molecule has 0 saturated carbocycles. The molecule has 28 heavy (non-hydrogen) atoms. The van der Waals surface area contributed by atoms with Gasteiger partial charge < -0.3 is 20.1 Å². The Hall–Kier alpha value is -3.61. The Labute approximate surface area is 162 Å². The van der Waals surface area contributed by atoms with Crippen molar-refractivity contribution < 1.29 is 18.7 Å². The van der Waals surface area contributed by atoms with Crippen LogP contribution in [0.3, 0.4) is 0 Å². The highest BCUT2D eigenvalue weighted by atomic mass is 19.1. The number of methoxy groups -OCH3 is 1. The van der Waals surface area contributed by atoms with Gasteiger partial charge in [0.15, 0.2) is 0 Å². The minimum atomic E-state index is -0.499. The van der Waals surface area contributed by atoms with Crippen LogP contribution in [-0.2, 0) is 0 Å². The fraction of sp³-hybridized carbons (Fsp3) is 0.143. The summed E-state index contributed by atoms with van der Waals surface area (Å²) in [5, 5.41) is 5.68. The predicted molar refractivity (Wildman–Crippen MR) is 106 cm³/mol. The average molecular weight is 381 g/mol. The number of carbonyl (C=O) groups is 1. The lowest BCUT2D eigenvalue weighted by atomic mass is 10.2. The van der Waals surface area contributed by atoms with Crippen molar-refractivity contribution in [3.05, 3.63) is 78.4 Å². The van der Waals surface area contributed by atoms with Gasteiger partial charge in [-0.05, 0) is 48.5 Å². The van der Waals surface area contributed by atoms with Crippen molar-refractivity contribution in [3.63, 3.8) is 0 Å². The van der Waals surface area contributed by atoms with Crippen molar-refractivity contribution in [3.8, 4) is 11.5 Å². The molecule has 3 rings (SSSR count). The minimum absolute atomic E-state index is 0.112. The van der Waals surface area contributed by atoms with Gasteiger partial charge in [-0.25, -0.2) is 4.39 Å². The van der Waals surface area contributed by atoms with Crippen LogP contribution in [0, 0.1) is 5.82 Å². The van der Waals surface area contributed by atoms with Crippen molar-refractivity contribution >= 4 is 17.3 Å². The third kappa shape index (κ3) is 5.20. The Morgan fingerprint density at radius 1 is 1.07 bits per heavy atom. The van der Waals surface area contributed by atoms with Crippen LogP contribution in [0.1, 0.15) is 10.5 Å². The van der Waals surface area contributed by atoms with E-state index >= 15 is 0 Å². The minimum Gasteiger partial charge on any atom is -0.497 e. The topological polar surface area (TPSA) is 72.5 Å². The van der Waals surface area contributed by atoms with Crippen LogP contribution in [0.2, 0.25) is 0 Å². The van der Waals surface area contributed by atoms with E-state index in [0.29, 0.717) is 18.8 Å². The van der Waals surface area contributed by atoms with Crippen molar-refractivity contribution in [1.29, 1.82) is 0 Å². The van der Waals surface area contributed by atoms with Crippen LogP contribution in [0.15, 0.2) is 66.9 Å². The number of benzene rings is 2. The summed E-state index contributed by atoms with van der Waals surface area (Å²) in [5.74, 6) is 0.523. The number of amides is 1. The molecule has 1 aromatic heterocycles. The third-order valence-electron chi connectivity index (χ3n) is 3.87. The zero-order chi connectivity index (χ0) is 19.8. The molecule has 2 N–H and O–H groups in total. The molecule has 6 nitrogen and oxygen atoms in total. The predicted octanol–water partition coefficient (Wildman–Crippen LogP) is 3.97. The zero-order valence-corrected chi connectivity index (χ0v) is 15.3. The van der Waals surface area contributed by atoms with Crippen LogP contribution in [0.25, 0.3) is 0 Å². The molecule has 0 fully saturated rings. The summed E-state index contributed by atoms with van der Waals surface area (Å²) in [6, 6.07) is 16.6. The van der Waals surface area contributed by atoms with Crippen LogP contribution < -0.4 is 20.1 Å². The van der Waals surface area contributed by atoms with Crippen LogP contribution >= 0.6 is 0 Å². The second kappa shape index (κ2) is 9.36. The van der Waals surface area contributed by atoms with Gasteiger partial charge in [-0.3, -0.25) is 9.78 Å². The number of anilines is 2. The first-order chi connectivity index (χ1) is 13.7. The number of aromatic nitrogens is 1. The number of para-hydroxylation sites is 1. The molecule has 7 heteroatoms. The molecule has 3 aromatic rings. The molecule has 0 unspecified atom stereocenters. The van der Waals surface area contributed by atoms with E-state index in [-0.39, 0.29) is 11.4 Å². The summed E-state index contributed by atoms with van der Waals surface area (Å²) in [4.78, 5) is 16.3. The average Bonchev–Trinajstić information content (AvgIpc) is 2.73. The number of hydrogen-bond donors (Lipinski definition) is 2. The number of nitrogens with one attached hydrogen (secondary N) is 2. The third-order valence-corrected chi connectivity index (χ3v) is 3.87. The van der Waals surface area contributed by atoms with Gasteiger partial charge in [0.25, 0.3) is 5.91 Å². The van der Waals surface area contributed by atoms with E-state index in [4.69, 9.17) is 9.47 Å². The molecule has 2 aromatic carbocycles. The lowest BCUT2D eigenvalue weighted by molar-refractivity contribution is 0.102. The van der Waals surface area contributed by atoms with E-state index in [0.717, 1.165) is 11.5 Å². The lowest BCUT2D eigenvalue weighted by Gasteiger charge is -2.10. The summed E-state index contributed by atoms with van der Waals surface area (Å²) in [6.07, 6.45) is 1.52. The lowest BCUT2D eigenvalue weighted by Crippen LogP contribution is -2.16. The van der Waals surface area contributed by atoms with E-state index < -0.39 is 11.7 Å². The quantitative estimate of drug-likeness (QED) is 0.578. The highest BCUT2D eigenvalue weighted by Gasteiger charge is 2.10. The second-order valence-corrected chi connectivity index (χ2v) is 5.81. The summed E-state index contributed by atoms with van der Waals surface area (Å²) in [5.41, 5.74) is 1.01. The van der Waals surface area contributed by atoms with Gasteiger partial charge in [0, 0.05) is 18.4 Å². The normalized spacial score (nSPS) is 10.2. The molecule has 0 bridgehead atoms. The molecule has 0 radical (unpaired) electrons. The maximum Gasteiger partial charge on any atom is 0.274 e. The van der Waals surface area contributed by atoms with E-state index in [2.05, 4.69) is 15.6 Å². The summed E-state index contributed by atoms with van der Waals surface area (Å²) in [6.45, 7) is 0.968. The standard InChI is InChI=1S/C21H20FN3O3/c1-27-16-6-8-17(9-7-16)28-13-12-23-15-10-11-24-20(14-15)21(26)25-19-5-3-2-4-18(19)22/h2-11,14H,12-13H2,1H3,(H,23,24)(H,25,26). The monoisotopic (exact) mass is 381 g/mol. The molecule has 0 aliphatic heterocycles. The van der Waals surface area contributed by atoms with Crippen molar-refractivity contribution in [2.75, 3.05) is 30.9 Å². The summed E-state index contributed by atoms with van der Waals surface area (Å²) in [7, 11) is 1.61. The van der Waals surface area contributed by atoms with Crippen molar-refractivity contribution in [2.45, 2.75) is 0 Å². The van der Waals surface area contributed by atoms with Gasteiger partial charge in [0.2, 0.25) is 0 Å². The Morgan fingerprint density at radius 3 is 2.57 bits per heavy atom. The van der Waals surface area contributed by atoms with Crippen LogP contribution in [-0.4, -0.2) is 31.2 Å². The molecule has 0 aliphatic carbocycles. The molecule has 144 valence electrons. The maximum absolute atomic E-state index is 13.7. The van der Waals surface area contributed by atoms with Crippen LogP contribution in [0.4, 0.5) is 15.8 Å². The maximum atomic E-state index is 13.7. The number of carbonyl (C=O) groups excluding carboxylic acids is 1. The van der Waals surface area contributed by atoms with Gasteiger partial charge in [-0.15, -0.1) is 0 Å². The van der Waals surface area contributed by atoms with Crippen molar-refractivity contribution in [2.24, 2.45) is 0 Å². The summed E-state index contributed by atoms with van der Waals surface area (Å²) >= 11 is 0. The fourth-order valence-corrected chi connectivity index (χ4v) is 2.45. The Kier molecular flexibility index (Phi) is 6.41. The number of nitrogens with zero attached hydrogens (tertiary/aromatic N) is 1. The zero-order valence-electron chi connectivity index (χ0n) is 15.3. The Morgan fingerprint density at radius 2 is 1.82 bits per heavy atom. The Bertz CT molecular complexity index is 932. The number of rotatable bonds is 8. The van der Waals surface area contributed by atoms with Gasteiger partial charge in [-0.1, -0.05) is 12.1 Å². The molecule has 0 spiro atoms. The first kappa shape index (κ1) is 19.2. The van der Waals surface area contributed by atoms with E-state index in [1.54, 1.807) is 31.4 Å². The second-order valence-electron chi connectivity index (χ2n) is 5.81. The highest BCUT2D eigenvalue weighted by molar-refractivity contribution is 6.03. The number of hydrogen-bond acceptors (Lipinski definition) is 5. The smallest absolute Gasteiger partial charge is 0.274 e. The number of ether oxygens (including phenoxy) is 2. The molecular weight excluding hydrogens is 361 g/mol. The molecule has 0 saturated heterocycles. The van der Waals surface area contributed by atoms with Gasteiger partial charge in [0.05, 0.1) is 12.8 Å². The highest BCUT2D eigenvalue weighted by Crippen LogP contribution is 2.17. The van der Waals surface area contributed by atoms with Gasteiger partial charge in [-0.2, -0.15) is 0 Å². The van der Waals surface area contributed by atoms with Crippen molar-refractivity contribution in [1.82, 2.24) is 4.98 Å². The number of halogens is 1. The first-order valence-corrected chi connectivity index (χ1v) is 8.68. The molecule has 1 amide bonds. The fourth-order valence-electron chi connectivity index (χ4n) is 2.45. The van der Waals surface area contributed by atoms with Crippen LogP contribution in [0.5, 0.6) is 11.5 Å². The van der Waals surface area contributed by atoms with E-state index in [1.165, 1.54) is 18.3 Å². The molecule has 1 heterocycles. The Balaban J connectivity index is 1.51. The molecule has 0 atom stereocenters. The van der Waals surface area contributed by atoms with Gasteiger partial charge in [0.1, 0.15) is 29.6 Å². The molecule has 0 aliphatic rings. The first-order valence-electron chi connectivity index (χ1n) is 8.68. The molecular formula is C21H20FN3O3. The SMILES string of the molecule is COc1ccc(OCCNc2ccnc(C(=O)Nc3ccccc3F)c2)cc1. The van der Waals surface area contributed by atoms with E-state index in [9.17, 15) is 9.18 Å².